The number of para-hydroxylation sites is 1. The smallest absolute Gasteiger partial charge is 0.267 e. The molecule has 3 rings (SSSR count). The zero-order valence-corrected chi connectivity index (χ0v) is 13.6. The van der Waals surface area contributed by atoms with E-state index in [2.05, 4.69) is 15.5 Å². The van der Waals surface area contributed by atoms with Crippen LogP contribution in [-0.4, -0.2) is 21.5 Å². The molecule has 0 spiro atoms. The van der Waals surface area contributed by atoms with Gasteiger partial charge in [-0.05, 0) is 18.2 Å². The molecule has 7 nitrogen and oxygen atoms in total. The van der Waals surface area contributed by atoms with Gasteiger partial charge < -0.3 is 0 Å². The summed E-state index contributed by atoms with van der Waals surface area (Å²) >= 11 is 0. The van der Waals surface area contributed by atoms with Gasteiger partial charge in [-0.2, -0.15) is 5.10 Å². The van der Waals surface area contributed by atoms with Crippen molar-refractivity contribution < 1.29 is 9.72 Å². The van der Waals surface area contributed by atoms with Crippen LogP contribution < -0.4 is 5.43 Å². The van der Waals surface area contributed by atoms with Gasteiger partial charge in [0, 0.05) is 29.6 Å². The molecule has 0 aliphatic heterocycles. The molecule has 0 aliphatic rings. The molecule has 1 aromatic heterocycles. The van der Waals surface area contributed by atoms with Crippen molar-refractivity contribution in [2.24, 2.45) is 5.10 Å². The van der Waals surface area contributed by atoms with E-state index in [-0.39, 0.29) is 11.3 Å². The number of aromatic nitrogens is 1. The maximum atomic E-state index is 12.4. The number of hydrazone groups is 1. The Kier molecular flexibility index (Phi) is 5.09. The van der Waals surface area contributed by atoms with Crippen molar-refractivity contribution >= 4 is 17.3 Å². The standard InChI is InChI=1S/C19H14N4O3/c24-19(16-10-4-5-11-17(16)23(25)26)22-21-18(14-7-2-1-3-8-14)15-9-6-12-20-13-15/h1-13H,(H,22,24). The van der Waals surface area contributed by atoms with Gasteiger partial charge in [-0.3, -0.25) is 19.9 Å². The van der Waals surface area contributed by atoms with Gasteiger partial charge in [0.25, 0.3) is 11.6 Å². The van der Waals surface area contributed by atoms with Gasteiger partial charge in [-0.15, -0.1) is 0 Å². The number of amides is 1. The van der Waals surface area contributed by atoms with E-state index in [4.69, 9.17) is 0 Å². The van der Waals surface area contributed by atoms with E-state index >= 15 is 0 Å². The average molecular weight is 346 g/mol. The van der Waals surface area contributed by atoms with Crippen LogP contribution in [0.1, 0.15) is 21.5 Å². The molecule has 0 atom stereocenters. The van der Waals surface area contributed by atoms with Crippen molar-refractivity contribution in [2.45, 2.75) is 0 Å². The summed E-state index contributed by atoms with van der Waals surface area (Å²) < 4.78 is 0. The lowest BCUT2D eigenvalue weighted by Gasteiger charge is -2.08. The number of nitrogens with one attached hydrogen (secondary N) is 1. The minimum atomic E-state index is -0.658. The van der Waals surface area contributed by atoms with Crippen molar-refractivity contribution in [2.75, 3.05) is 0 Å². The summed E-state index contributed by atoms with van der Waals surface area (Å²) in [4.78, 5) is 27.0. The maximum Gasteiger partial charge on any atom is 0.282 e. The van der Waals surface area contributed by atoms with Gasteiger partial charge in [0.2, 0.25) is 0 Å². The first kappa shape index (κ1) is 17.0. The largest absolute Gasteiger partial charge is 0.282 e. The summed E-state index contributed by atoms with van der Waals surface area (Å²) in [5.41, 5.74) is 4.07. The van der Waals surface area contributed by atoms with Gasteiger partial charge in [0.1, 0.15) is 5.56 Å². The normalized spacial score (nSPS) is 11.0. The summed E-state index contributed by atoms with van der Waals surface area (Å²) in [5, 5.41) is 15.3. The van der Waals surface area contributed by atoms with Crippen LogP contribution in [0.2, 0.25) is 0 Å². The number of pyridine rings is 1. The molecule has 26 heavy (non-hydrogen) atoms. The van der Waals surface area contributed by atoms with Crippen LogP contribution in [0.4, 0.5) is 5.69 Å². The lowest BCUT2D eigenvalue weighted by atomic mass is 10.0. The number of hydrogen-bond acceptors (Lipinski definition) is 5. The maximum absolute atomic E-state index is 12.4. The Balaban J connectivity index is 1.95. The molecule has 0 saturated heterocycles. The molecule has 0 fully saturated rings. The summed E-state index contributed by atoms with van der Waals surface area (Å²) in [5.74, 6) is -0.658. The van der Waals surface area contributed by atoms with Gasteiger partial charge >= 0.3 is 0 Å². The third-order valence-corrected chi connectivity index (χ3v) is 3.60. The fraction of sp³-hybridized carbons (Fsp3) is 0. The number of carbonyl (C=O) groups is 1. The molecular weight excluding hydrogens is 332 g/mol. The molecular formula is C19H14N4O3. The van der Waals surface area contributed by atoms with Crippen molar-refractivity contribution in [3.63, 3.8) is 0 Å². The molecule has 1 amide bonds. The van der Waals surface area contributed by atoms with Crippen LogP contribution in [-0.2, 0) is 0 Å². The van der Waals surface area contributed by atoms with Gasteiger partial charge in [0.15, 0.2) is 0 Å². The molecule has 0 aliphatic carbocycles. The van der Waals surface area contributed by atoms with Crippen molar-refractivity contribution in [3.05, 3.63) is 106 Å². The van der Waals surface area contributed by atoms with E-state index in [0.717, 1.165) is 5.56 Å². The fourth-order valence-corrected chi connectivity index (χ4v) is 2.39. The number of hydrogen-bond donors (Lipinski definition) is 1. The molecule has 128 valence electrons. The molecule has 0 radical (unpaired) electrons. The zero-order valence-electron chi connectivity index (χ0n) is 13.6. The Morgan fingerprint density at radius 3 is 2.35 bits per heavy atom. The van der Waals surface area contributed by atoms with E-state index in [9.17, 15) is 14.9 Å². The average Bonchev–Trinajstić information content (AvgIpc) is 2.69. The number of carbonyl (C=O) groups excluding carboxylic acids is 1. The molecule has 1 N–H and O–H groups in total. The highest BCUT2D eigenvalue weighted by Gasteiger charge is 2.19. The topological polar surface area (TPSA) is 97.5 Å². The Morgan fingerprint density at radius 1 is 0.962 bits per heavy atom. The van der Waals surface area contributed by atoms with Crippen LogP contribution in [0, 0.1) is 10.1 Å². The van der Waals surface area contributed by atoms with E-state index in [1.807, 2.05) is 36.4 Å². The minimum Gasteiger partial charge on any atom is -0.267 e. The predicted molar refractivity (Wildman–Crippen MR) is 96.9 cm³/mol. The van der Waals surface area contributed by atoms with Crippen LogP contribution in [0.5, 0.6) is 0 Å². The highest BCUT2D eigenvalue weighted by molar-refractivity contribution is 6.13. The van der Waals surface area contributed by atoms with Gasteiger partial charge in [-0.25, -0.2) is 5.43 Å². The SMILES string of the molecule is O=C(NN=C(c1ccccc1)c1cccnc1)c1ccccc1[N+](=O)[O-]. The molecule has 0 bridgehead atoms. The van der Waals surface area contributed by atoms with Crippen molar-refractivity contribution in [1.82, 2.24) is 10.4 Å². The molecule has 2 aromatic carbocycles. The number of nitro groups is 1. The van der Waals surface area contributed by atoms with Gasteiger partial charge in [0.05, 0.1) is 10.6 Å². The first-order valence-corrected chi connectivity index (χ1v) is 7.74. The second-order valence-corrected chi connectivity index (χ2v) is 5.28. The van der Waals surface area contributed by atoms with Crippen molar-refractivity contribution in [1.29, 1.82) is 0 Å². The van der Waals surface area contributed by atoms with Crippen LogP contribution in [0.15, 0.2) is 84.2 Å². The minimum absolute atomic E-state index is 0.0557. The first-order valence-electron chi connectivity index (χ1n) is 7.74. The Morgan fingerprint density at radius 2 is 1.65 bits per heavy atom. The van der Waals surface area contributed by atoms with Crippen LogP contribution in [0.3, 0.4) is 0 Å². The fourth-order valence-electron chi connectivity index (χ4n) is 2.39. The summed E-state index contributed by atoms with van der Waals surface area (Å²) in [6.45, 7) is 0. The number of benzene rings is 2. The van der Waals surface area contributed by atoms with E-state index in [1.54, 1.807) is 24.5 Å². The molecule has 7 heteroatoms. The van der Waals surface area contributed by atoms with E-state index in [0.29, 0.717) is 11.3 Å². The highest BCUT2D eigenvalue weighted by atomic mass is 16.6. The Hall–Kier alpha value is -3.87. The molecule has 0 unspecified atom stereocenters. The summed E-state index contributed by atoms with van der Waals surface area (Å²) in [6.07, 6.45) is 3.26. The van der Waals surface area contributed by atoms with Crippen LogP contribution >= 0.6 is 0 Å². The predicted octanol–water partition coefficient (Wildman–Crippen LogP) is 3.17. The summed E-state index contributed by atoms with van der Waals surface area (Å²) in [6, 6.07) is 18.6. The Labute approximate surface area is 149 Å². The number of nitro benzene ring substituents is 1. The quantitative estimate of drug-likeness (QED) is 0.436. The molecule has 3 aromatic rings. The Bertz CT molecular complexity index is 915. The third-order valence-electron chi connectivity index (χ3n) is 3.60. The number of nitrogens with zero attached hydrogens (tertiary/aromatic N) is 3. The second-order valence-electron chi connectivity index (χ2n) is 5.28. The highest BCUT2D eigenvalue weighted by Crippen LogP contribution is 2.17. The second kappa shape index (κ2) is 7.80. The zero-order chi connectivity index (χ0) is 18.4. The van der Waals surface area contributed by atoms with Crippen LogP contribution in [0.25, 0.3) is 0 Å². The van der Waals surface area contributed by atoms with E-state index < -0.39 is 10.8 Å². The summed E-state index contributed by atoms with van der Waals surface area (Å²) in [7, 11) is 0. The number of rotatable bonds is 5. The monoisotopic (exact) mass is 346 g/mol. The lowest BCUT2D eigenvalue weighted by molar-refractivity contribution is -0.385. The third kappa shape index (κ3) is 3.78. The first-order chi connectivity index (χ1) is 12.7. The lowest BCUT2D eigenvalue weighted by Crippen LogP contribution is -2.21. The molecule has 0 saturated carbocycles. The molecule has 1 heterocycles. The van der Waals surface area contributed by atoms with Gasteiger partial charge in [-0.1, -0.05) is 42.5 Å². The van der Waals surface area contributed by atoms with E-state index in [1.165, 1.54) is 18.2 Å². The van der Waals surface area contributed by atoms with Crippen molar-refractivity contribution in [3.8, 4) is 0 Å².